The topological polar surface area (TPSA) is 96.5 Å². The summed E-state index contributed by atoms with van der Waals surface area (Å²) < 4.78 is 6.19. The Labute approximate surface area is 190 Å². The van der Waals surface area contributed by atoms with Crippen LogP contribution in [0.25, 0.3) is 0 Å². The first kappa shape index (κ1) is 22.8. The maximum atomic E-state index is 12.3. The van der Waals surface area contributed by atoms with Crippen molar-refractivity contribution in [2.24, 2.45) is 5.92 Å². The highest BCUT2D eigenvalue weighted by atomic mass is 79.9. The van der Waals surface area contributed by atoms with Crippen molar-refractivity contribution in [1.29, 1.82) is 0 Å². The number of nitrogens with one attached hydrogen (secondary N) is 3. The molecule has 2 aromatic rings. The van der Waals surface area contributed by atoms with E-state index in [2.05, 4.69) is 32.1 Å². The van der Waals surface area contributed by atoms with E-state index in [9.17, 15) is 14.4 Å². The summed E-state index contributed by atoms with van der Waals surface area (Å²) >= 11 is 3.38. The molecule has 31 heavy (non-hydrogen) atoms. The van der Waals surface area contributed by atoms with Crippen LogP contribution in [0.15, 0.2) is 46.9 Å². The summed E-state index contributed by atoms with van der Waals surface area (Å²) in [6.45, 7) is 1.71. The van der Waals surface area contributed by atoms with E-state index in [1.807, 2.05) is 19.1 Å². The summed E-state index contributed by atoms with van der Waals surface area (Å²) in [5, 5.41) is 2.91. The van der Waals surface area contributed by atoms with Gasteiger partial charge in [0.05, 0.1) is 4.47 Å². The van der Waals surface area contributed by atoms with Crippen molar-refractivity contribution in [2.75, 3.05) is 11.9 Å². The molecule has 0 saturated heterocycles. The number of rotatable bonds is 6. The Morgan fingerprint density at radius 1 is 1.00 bits per heavy atom. The van der Waals surface area contributed by atoms with Crippen LogP contribution in [0.3, 0.4) is 0 Å². The second-order valence-corrected chi connectivity index (χ2v) is 8.48. The summed E-state index contributed by atoms with van der Waals surface area (Å²) in [6, 6.07) is 12.1. The molecule has 0 radical (unpaired) electrons. The first-order valence-electron chi connectivity index (χ1n) is 10.3. The van der Waals surface area contributed by atoms with Crippen LogP contribution < -0.4 is 20.9 Å². The number of hydrazine groups is 1. The molecule has 0 aliphatic heterocycles. The summed E-state index contributed by atoms with van der Waals surface area (Å²) in [6.07, 6.45) is 5.24. The SMILES string of the molecule is Cc1ccc(OCC(=O)NNC(=O)c2ccc(NC(=O)C3CCCCC3)cc2)c(Br)c1. The first-order valence-corrected chi connectivity index (χ1v) is 11.1. The number of aryl methyl sites for hydroxylation is 1. The molecule has 7 nitrogen and oxygen atoms in total. The monoisotopic (exact) mass is 487 g/mol. The van der Waals surface area contributed by atoms with Crippen molar-refractivity contribution in [3.05, 3.63) is 58.1 Å². The molecule has 3 amide bonds. The van der Waals surface area contributed by atoms with Crippen molar-refractivity contribution in [2.45, 2.75) is 39.0 Å². The molecule has 1 aliphatic rings. The van der Waals surface area contributed by atoms with Gasteiger partial charge in [-0.3, -0.25) is 25.2 Å². The lowest BCUT2D eigenvalue weighted by Gasteiger charge is -2.20. The van der Waals surface area contributed by atoms with E-state index in [0.29, 0.717) is 17.0 Å². The van der Waals surface area contributed by atoms with Crippen LogP contribution in [0.2, 0.25) is 0 Å². The van der Waals surface area contributed by atoms with Gasteiger partial charge in [-0.25, -0.2) is 0 Å². The quantitative estimate of drug-likeness (QED) is 0.534. The summed E-state index contributed by atoms with van der Waals surface area (Å²) in [7, 11) is 0. The zero-order valence-corrected chi connectivity index (χ0v) is 19.0. The molecule has 0 heterocycles. The zero-order chi connectivity index (χ0) is 22.2. The first-order chi connectivity index (χ1) is 14.9. The number of hydrogen-bond donors (Lipinski definition) is 3. The van der Waals surface area contributed by atoms with Gasteiger partial charge in [0.1, 0.15) is 5.75 Å². The van der Waals surface area contributed by atoms with Crippen molar-refractivity contribution < 1.29 is 19.1 Å². The maximum Gasteiger partial charge on any atom is 0.276 e. The van der Waals surface area contributed by atoms with Gasteiger partial charge >= 0.3 is 0 Å². The number of anilines is 1. The van der Waals surface area contributed by atoms with Crippen LogP contribution in [0.1, 0.15) is 48.0 Å². The highest BCUT2D eigenvalue weighted by molar-refractivity contribution is 9.10. The molecule has 164 valence electrons. The molecule has 0 spiro atoms. The van der Waals surface area contributed by atoms with Crippen molar-refractivity contribution in [3.63, 3.8) is 0 Å². The van der Waals surface area contributed by atoms with Crippen molar-refractivity contribution in [1.82, 2.24) is 10.9 Å². The molecule has 2 aromatic carbocycles. The number of carbonyl (C=O) groups is 3. The fraction of sp³-hybridized carbons (Fsp3) is 0.348. The van der Waals surface area contributed by atoms with Crippen LogP contribution in [0.4, 0.5) is 5.69 Å². The predicted molar refractivity (Wildman–Crippen MR) is 122 cm³/mol. The van der Waals surface area contributed by atoms with Crippen LogP contribution in [-0.2, 0) is 9.59 Å². The second-order valence-electron chi connectivity index (χ2n) is 7.63. The van der Waals surface area contributed by atoms with Gasteiger partial charge in [0.2, 0.25) is 5.91 Å². The summed E-state index contributed by atoms with van der Waals surface area (Å²) in [5.74, 6) is -0.316. The molecule has 1 aliphatic carbocycles. The molecule has 0 aromatic heterocycles. The Balaban J connectivity index is 1.43. The van der Waals surface area contributed by atoms with Gasteiger partial charge in [-0.2, -0.15) is 0 Å². The third kappa shape index (κ3) is 6.82. The normalized spacial score (nSPS) is 13.9. The highest BCUT2D eigenvalue weighted by Crippen LogP contribution is 2.26. The van der Waals surface area contributed by atoms with Gasteiger partial charge in [0, 0.05) is 17.2 Å². The molecular formula is C23H26BrN3O4. The molecule has 3 N–H and O–H groups in total. The van der Waals surface area contributed by atoms with Gasteiger partial charge in [0.25, 0.3) is 11.8 Å². The predicted octanol–water partition coefficient (Wildman–Crippen LogP) is 4.12. The number of carbonyl (C=O) groups excluding carboxylic acids is 3. The second kappa shape index (κ2) is 10.9. The fourth-order valence-corrected chi connectivity index (χ4v) is 4.02. The molecule has 3 rings (SSSR count). The number of hydrogen-bond acceptors (Lipinski definition) is 4. The van der Waals surface area contributed by atoms with Gasteiger partial charge in [0.15, 0.2) is 6.61 Å². The molecule has 8 heteroatoms. The molecule has 0 atom stereocenters. The fourth-order valence-electron chi connectivity index (χ4n) is 3.41. The number of halogens is 1. The molecule has 1 saturated carbocycles. The van der Waals surface area contributed by atoms with Gasteiger partial charge in [-0.1, -0.05) is 25.3 Å². The van der Waals surface area contributed by atoms with E-state index in [1.165, 1.54) is 6.42 Å². The average molecular weight is 488 g/mol. The Bertz CT molecular complexity index is 940. The molecular weight excluding hydrogens is 462 g/mol. The van der Waals surface area contributed by atoms with E-state index in [4.69, 9.17) is 4.74 Å². The third-order valence-corrected chi connectivity index (χ3v) is 5.77. The Hall–Kier alpha value is -2.87. The lowest BCUT2D eigenvalue weighted by molar-refractivity contribution is -0.124. The number of benzene rings is 2. The van der Waals surface area contributed by atoms with E-state index >= 15 is 0 Å². The highest BCUT2D eigenvalue weighted by Gasteiger charge is 2.21. The Morgan fingerprint density at radius 2 is 1.71 bits per heavy atom. The lowest BCUT2D eigenvalue weighted by Crippen LogP contribution is -2.43. The van der Waals surface area contributed by atoms with E-state index in [-0.39, 0.29) is 18.4 Å². The average Bonchev–Trinajstić information content (AvgIpc) is 2.78. The van der Waals surface area contributed by atoms with E-state index in [0.717, 1.165) is 35.7 Å². The van der Waals surface area contributed by atoms with Crippen LogP contribution >= 0.6 is 15.9 Å². The third-order valence-electron chi connectivity index (χ3n) is 5.15. The van der Waals surface area contributed by atoms with Crippen molar-refractivity contribution >= 4 is 39.3 Å². The Kier molecular flexibility index (Phi) is 8.06. The van der Waals surface area contributed by atoms with E-state index in [1.54, 1.807) is 30.3 Å². The van der Waals surface area contributed by atoms with Crippen LogP contribution in [0, 0.1) is 12.8 Å². The summed E-state index contributed by atoms with van der Waals surface area (Å²) in [5.41, 5.74) is 6.75. The Morgan fingerprint density at radius 3 is 2.39 bits per heavy atom. The minimum absolute atomic E-state index is 0.0318. The molecule has 1 fully saturated rings. The molecule has 0 unspecified atom stereocenters. The smallest absolute Gasteiger partial charge is 0.276 e. The van der Waals surface area contributed by atoms with Crippen molar-refractivity contribution in [3.8, 4) is 5.75 Å². The van der Waals surface area contributed by atoms with E-state index < -0.39 is 11.8 Å². The minimum Gasteiger partial charge on any atom is -0.483 e. The van der Waals surface area contributed by atoms with Crippen LogP contribution in [-0.4, -0.2) is 24.3 Å². The van der Waals surface area contributed by atoms with Gasteiger partial charge in [-0.05, 0) is 77.7 Å². The summed E-state index contributed by atoms with van der Waals surface area (Å²) in [4.78, 5) is 36.5. The van der Waals surface area contributed by atoms with Crippen LogP contribution in [0.5, 0.6) is 5.75 Å². The number of ether oxygens (including phenoxy) is 1. The molecule has 0 bridgehead atoms. The number of amides is 3. The largest absolute Gasteiger partial charge is 0.483 e. The minimum atomic E-state index is -0.489. The van der Waals surface area contributed by atoms with Gasteiger partial charge < -0.3 is 10.1 Å². The maximum absolute atomic E-state index is 12.3. The van der Waals surface area contributed by atoms with Gasteiger partial charge in [-0.15, -0.1) is 0 Å². The standard InChI is InChI=1S/C23H26BrN3O4/c1-15-7-12-20(19(24)13-15)31-14-21(28)26-27-23(30)17-8-10-18(11-9-17)25-22(29)16-5-3-2-4-6-16/h7-13,16H,2-6,14H2,1H3,(H,25,29)(H,26,28)(H,27,30). The zero-order valence-electron chi connectivity index (χ0n) is 17.4. The lowest BCUT2D eigenvalue weighted by atomic mass is 9.88.